The van der Waals surface area contributed by atoms with Crippen LogP contribution in [0.1, 0.15) is 26.2 Å². The molecule has 106 valence electrons. The summed E-state index contributed by atoms with van der Waals surface area (Å²) in [5.41, 5.74) is 0. The van der Waals surface area contributed by atoms with Crippen molar-refractivity contribution in [1.29, 1.82) is 0 Å². The second-order valence-electron chi connectivity index (χ2n) is 4.52. The number of urea groups is 1. The molecule has 3 atom stereocenters. The topological polar surface area (TPSA) is 87.7 Å². The Labute approximate surface area is 112 Å². The quantitative estimate of drug-likeness (QED) is 0.615. The van der Waals surface area contributed by atoms with Crippen LogP contribution >= 0.6 is 0 Å². The maximum atomic E-state index is 11.6. The van der Waals surface area contributed by atoms with Crippen molar-refractivity contribution >= 4 is 12.0 Å². The van der Waals surface area contributed by atoms with Crippen LogP contribution in [0.15, 0.2) is 0 Å². The number of hydrogen-bond acceptors (Lipinski definition) is 3. The average molecular weight is 268 g/mol. The molecule has 0 radical (unpaired) electrons. The molecule has 1 saturated heterocycles. The highest BCUT2D eigenvalue weighted by atomic mass is 16.5. The van der Waals surface area contributed by atoms with Crippen molar-refractivity contribution in [2.45, 2.75) is 38.3 Å². The van der Waals surface area contributed by atoms with Gasteiger partial charge in [-0.1, -0.05) is 6.92 Å². The van der Waals surface area contributed by atoms with Gasteiger partial charge in [-0.05, 0) is 12.8 Å². The van der Waals surface area contributed by atoms with Crippen LogP contribution in [0.3, 0.4) is 0 Å². The minimum absolute atomic E-state index is 0.0348. The Morgan fingerprint density at radius 3 is 2.89 bits per heavy atom. The largest absolute Gasteiger partial charge is 0.480 e. The molecule has 1 rings (SSSR count). The summed E-state index contributed by atoms with van der Waals surface area (Å²) in [6, 6.07) is -1.56. The first-order chi connectivity index (χ1) is 9.08. The normalized spacial score (nSPS) is 23.4. The van der Waals surface area contributed by atoms with Crippen molar-refractivity contribution in [1.82, 2.24) is 10.6 Å². The molecule has 19 heavy (non-hydrogen) atoms. The third kappa shape index (κ3) is 4.79. The van der Waals surface area contributed by atoms with Crippen molar-refractivity contribution in [3.05, 3.63) is 0 Å². The lowest BCUT2D eigenvalue weighted by Gasteiger charge is -2.18. The number of rotatable bonds is 6. The summed E-state index contributed by atoms with van der Waals surface area (Å²) in [7, 11) is 0. The van der Waals surface area contributed by atoms with Crippen LogP contribution in [0.25, 0.3) is 0 Å². The van der Waals surface area contributed by atoms with E-state index in [1.807, 2.05) is 6.92 Å². The number of terminal acetylenes is 1. The van der Waals surface area contributed by atoms with Gasteiger partial charge in [-0.25, -0.2) is 9.59 Å². The fraction of sp³-hybridized carbons (Fsp3) is 0.692. The maximum absolute atomic E-state index is 11.6. The van der Waals surface area contributed by atoms with Crippen LogP contribution in [-0.2, 0) is 9.53 Å². The van der Waals surface area contributed by atoms with Crippen molar-refractivity contribution in [3.8, 4) is 12.3 Å². The molecular formula is C13H20N2O4. The van der Waals surface area contributed by atoms with E-state index in [2.05, 4.69) is 16.6 Å². The van der Waals surface area contributed by atoms with Gasteiger partial charge in [0, 0.05) is 25.5 Å². The van der Waals surface area contributed by atoms with Gasteiger partial charge in [-0.15, -0.1) is 12.3 Å². The second-order valence-corrected chi connectivity index (χ2v) is 4.52. The highest BCUT2D eigenvalue weighted by Gasteiger charge is 2.27. The first kappa shape index (κ1) is 15.3. The predicted molar refractivity (Wildman–Crippen MR) is 69.5 cm³/mol. The lowest BCUT2D eigenvalue weighted by molar-refractivity contribution is -0.139. The van der Waals surface area contributed by atoms with E-state index in [9.17, 15) is 9.59 Å². The van der Waals surface area contributed by atoms with Crippen LogP contribution in [0.4, 0.5) is 4.79 Å². The first-order valence-electron chi connectivity index (χ1n) is 6.40. The molecular weight excluding hydrogens is 248 g/mol. The third-order valence-corrected chi connectivity index (χ3v) is 3.20. The maximum Gasteiger partial charge on any atom is 0.327 e. The number of aliphatic carboxylic acids is 1. The summed E-state index contributed by atoms with van der Waals surface area (Å²) in [6.07, 6.45) is 7.00. The Morgan fingerprint density at radius 2 is 2.32 bits per heavy atom. The Kier molecular flexibility index (Phi) is 6.16. The van der Waals surface area contributed by atoms with Gasteiger partial charge in [-0.2, -0.15) is 0 Å². The predicted octanol–water partition coefficient (Wildman–Crippen LogP) is 0.577. The minimum atomic E-state index is -1.14. The van der Waals surface area contributed by atoms with Crippen molar-refractivity contribution in [3.63, 3.8) is 0 Å². The fourth-order valence-corrected chi connectivity index (χ4v) is 2.13. The van der Waals surface area contributed by atoms with E-state index >= 15 is 0 Å². The Hall–Kier alpha value is -1.74. The van der Waals surface area contributed by atoms with Crippen LogP contribution < -0.4 is 10.6 Å². The SMILES string of the molecule is C#CCC(NC(=O)NCC1CCOC1CC)C(=O)O. The summed E-state index contributed by atoms with van der Waals surface area (Å²) >= 11 is 0. The van der Waals surface area contributed by atoms with Crippen molar-refractivity contribution in [2.75, 3.05) is 13.2 Å². The summed E-state index contributed by atoms with van der Waals surface area (Å²) in [5.74, 6) is 1.37. The van der Waals surface area contributed by atoms with Gasteiger partial charge < -0.3 is 20.5 Å². The molecule has 0 aromatic rings. The number of ether oxygens (including phenoxy) is 1. The molecule has 1 heterocycles. The zero-order valence-electron chi connectivity index (χ0n) is 11.0. The molecule has 6 heteroatoms. The van der Waals surface area contributed by atoms with Gasteiger partial charge in [0.05, 0.1) is 6.10 Å². The highest BCUT2D eigenvalue weighted by Crippen LogP contribution is 2.22. The molecule has 3 unspecified atom stereocenters. The summed E-state index contributed by atoms with van der Waals surface area (Å²) < 4.78 is 5.51. The number of carbonyl (C=O) groups excluding carboxylic acids is 1. The number of carboxylic acid groups (broad SMARTS) is 1. The van der Waals surface area contributed by atoms with Gasteiger partial charge in [0.2, 0.25) is 0 Å². The lowest BCUT2D eigenvalue weighted by atomic mass is 10.00. The van der Waals surface area contributed by atoms with Gasteiger partial charge in [0.25, 0.3) is 0 Å². The summed E-state index contributed by atoms with van der Waals surface area (Å²) in [4.78, 5) is 22.4. The first-order valence-corrected chi connectivity index (χ1v) is 6.40. The molecule has 1 aliphatic rings. The van der Waals surface area contributed by atoms with Gasteiger partial charge in [-0.3, -0.25) is 0 Å². The molecule has 6 nitrogen and oxygen atoms in total. The lowest BCUT2D eigenvalue weighted by Crippen LogP contribution is -2.47. The highest BCUT2D eigenvalue weighted by molar-refractivity contribution is 5.82. The number of hydrogen-bond donors (Lipinski definition) is 3. The fourth-order valence-electron chi connectivity index (χ4n) is 2.13. The number of amides is 2. The van der Waals surface area contributed by atoms with Crippen LogP contribution in [0.2, 0.25) is 0 Å². The van der Waals surface area contributed by atoms with E-state index in [1.165, 1.54) is 0 Å². The van der Waals surface area contributed by atoms with Gasteiger partial charge in [0.1, 0.15) is 6.04 Å². The number of nitrogens with one attached hydrogen (secondary N) is 2. The standard InChI is InChI=1S/C13H20N2O4/c1-3-5-10(12(16)17)15-13(18)14-8-9-6-7-19-11(9)4-2/h1,9-11H,4-8H2,2H3,(H,16,17)(H2,14,15,18). The second kappa shape index (κ2) is 7.64. The smallest absolute Gasteiger partial charge is 0.327 e. The van der Waals surface area contributed by atoms with Gasteiger partial charge >= 0.3 is 12.0 Å². The zero-order chi connectivity index (χ0) is 14.3. The van der Waals surface area contributed by atoms with E-state index in [0.29, 0.717) is 13.2 Å². The van der Waals surface area contributed by atoms with E-state index in [1.54, 1.807) is 0 Å². The van der Waals surface area contributed by atoms with E-state index in [0.717, 1.165) is 12.8 Å². The molecule has 2 amide bonds. The van der Waals surface area contributed by atoms with Crippen LogP contribution in [0.5, 0.6) is 0 Å². The molecule has 0 spiro atoms. The molecule has 0 aromatic heterocycles. The molecule has 0 aliphatic carbocycles. The third-order valence-electron chi connectivity index (χ3n) is 3.20. The van der Waals surface area contributed by atoms with Gasteiger partial charge in [0.15, 0.2) is 0 Å². The molecule has 1 aliphatic heterocycles. The van der Waals surface area contributed by atoms with Crippen molar-refractivity contribution in [2.24, 2.45) is 5.92 Å². The van der Waals surface area contributed by atoms with Crippen molar-refractivity contribution < 1.29 is 19.4 Å². The summed E-state index contributed by atoms with van der Waals surface area (Å²) in [5, 5.41) is 13.9. The molecule has 0 bridgehead atoms. The molecule has 0 saturated carbocycles. The Morgan fingerprint density at radius 1 is 1.58 bits per heavy atom. The van der Waals surface area contributed by atoms with Crippen LogP contribution in [0, 0.1) is 18.3 Å². The minimum Gasteiger partial charge on any atom is -0.480 e. The molecule has 3 N–H and O–H groups in total. The van der Waals surface area contributed by atoms with Crippen LogP contribution in [-0.4, -0.2) is 42.4 Å². The molecule has 1 fully saturated rings. The number of carbonyl (C=O) groups is 2. The monoisotopic (exact) mass is 268 g/mol. The molecule has 0 aromatic carbocycles. The van der Waals surface area contributed by atoms with E-state index in [4.69, 9.17) is 16.3 Å². The average Bonchev–Trinajstić information content (AvgIpc) is 2.83. The van der Waals surface area contributed by atoms with E-state index in [-0.39, 0.29) is 18.4 Å². The van der Waals surface area contributed by atoms with E-state index < -0.39 is 18.0 Å². The Bertz CT molecular complexity index is 364. The zero-order valence-corrected chi connectivity index (χ0v) is 11.0. The Balaban J connectivity index is 2.34. The summed E-state index contributed by atoms with van der Waals surface area (Å²) in [6.45, 7) is 3.23. The number of carboxylic acids is 1.